The molecule has 3 fully saturated rings. The van der Waals surface area contributed by atoms with E-state index in [4.69, 9.17) is 0 Å². The van der Waals surface area contributed by atoms with Crippen molar-refractivity contribution in [3.8, 4) is 0 Å². The first-order valence-electron chi connectivity index (χ1n) is 11.6. The lowest BCUT2D eigenvalue weighted by molar-refractivity contribution is -0.125. The zero-order chi connectivity index (χ0) is 20.8. The quantitative estimate of drug-likeness (QED) is 0.663. The van der Waals surface area contributed by atoms with Crippen molar-refractivity contribution in [3.63, 3.8) is 0 Å². The molecule has 4 rings (SSSR count). The summed E-state index contributed by atoms with van der Waals surface area (Å²) in [5, 5.41) is 13.2. The van der Waals surface area contributed by atoms with Gasteiger partial charge in [0.1, 0.15) is 0 Å². The van der Waals surface area contributed by atoms with Crippen LogP contribution in [-0.2, 0) is 9.59 Å². The summed E-state index contributed by atoms with van der Waals surface area (Å²) in [6.07, 6.45) is 9.57. The number of hydrogen-bond acceptors (Lipinski definition) is 7. The lowest BCUT2D eigenvalue weighted by Crippen LogP contribution is -2.41. The Hall–Kier alpha value is -1.74. The standard InChI is InChI=1S/C21H34N6O2S/c28-18-7-5-14-27(18)21-24-23-20(30-21)26-15-8-17(9-16-26)19(29)22-10-6-13-25-11-3-1-2-4-12-25/h17H,1-16H2,(H,22,29). The van der Waals surface area contributed by atoms with E-state index in [-0.39, 0.29) is 17.7 Å². The molecule has 3 aliphatic heterocycles. The van der Waals surface area contributed by atoms with E-state index in [1.807, 2.05) is 0 Å². The van der Waals surface area contributed by atoms with Crippen LogP contribution in [0.25, 0.3) is 0 Å². The maximum atomic E-state index is 12.5. The summed E-state index contributed by atoms with van der Waals surface area (Å²) in [6, 6.07) is 0. The van der Waals surface area contributed by atoms with Gasteiger partial charge in [0.15, 0.2) is 0 Å². The molecule has 2 amide bonds. The molecule has 30 heavy (non-hydrogen) atoms. The lowest BCUT2D eigenvalue weighted by atomic mass is 9.96. The van der Waals surface area contributed by atoms with Crippen LogP contribution in [0.5, 0.6) is 0 Å². The number of nitrogens with zero attached hydrogens (tertiary/aromatic N) is 5. The van der Waals surface area contributed by atoms with Crippen LogP contribution in [0.15, 0.2) is 0 Å². The van der Waals surface area contributed by atoms with Gasteiger partial charge >= 0.3 is 0 Å². The summed E-state index contributed by atoms with van der Waals surface area (Å²) < 4.78 is 0. The fourth-order valence-corrected chi connectivity index (χ4v) is 5.59. The van der Waals surface area contributed by atoms with E-state index in [0.29, 0.717) is 11.6 Å². The van der Waals surface area contributed by atoms with Crippen LogP contribution in [-0.4, -0.2) is 72.7 Å². The average Bonchev–Trinajstić information content (AvgIpc) is 3.33. The second-order valence-electron chi connectivity index (χ2n) is 8.68. The van der Waals surface area contributed by atoms with Gasteiger partial charge in [-0.3, -0.25) is 14.5 Å². The largest absolute Gasteiger partial charge is 0.356 e. The van der Waals surface area contributed by atoms with Crippen molar-refractivity contribution >= 4 is 33.4 Å². The van der Waals surface area contributed by atoms with Gasteiger partial charge in [-0.05, 0) is 58.2 Å². The van der Waals surface area contributed by atoms with Crippen molar-refractivity contribution in [2.24, 2.45) is 5.92 Å². The van der Waals surface area contributed by atoms with Gasteiger partial charge in [-0.25, -0.2) is 0 Å². The smallest absolute Gasteiger partial charge is 0.228 e. The molecule has 0 spiro atoms. The number of carbonyl (C=O) groups is 2. The minimum absolute atomic E-state index is 0.0898. The Labute approximate surface area is 183 Å². The monoisotopic (exact) mass is 434 g/mol. The van der Waals surface area contributed by atoms with Crippen LogP contribution in [0.4, 0.5) is 10.3 Å². The highest BCUT2D eigenvalue weighted by Gasteiger charge is 2.29. The number of nitrogens with one attached hydrogen (secondary N) is 1. The minimum Gasteiger partial charge on any atom is -0.356 e. The molecule has 0 unspecified atom stereocenters. The van der Waals surface area contributed by atoms with Crippen molar-refractivity contribution < 1.29 is 9.59 Å². The molecule has 4 heterocycles. The molecule has 166 valence electrons. The first kappa shape index (κ1) is 21.5. The number of amides is 2. The predicted octanol–water partition coefficient (Wildman–Crippen LogP) is 2.26. The molecular weight excluding hydrogens is 400 g/mol. The Morgan fingerprint density at radius 1 is 0.967 bits per heavy atom. The third kappa shape index (κ3) is 5.49. The highest BCUT2D eigenvalue weighted by molar-refractivity contribution is 7.19. The van der Waals surface area contributed by atoms with Crippen LogP contribution in [0, 0.1) is 5.92 Å². The molecule has 1 aromatic heterocycles. The number of anilines is 2. The average molecular weight is 435 g/mol. The van der Waals surface area contributed by atoms with Gasteiger partial charge in [0.2, 0.25) is 22.1 Å². The summed E-state index contributed by atoms with van der Waals surface area (Å²) in [7, 11) is 0. The van der Waals surface area contributed by atoms with Crippen LogP contribution in [0.1, 0.15) is 57.8 Å². The zero-order valence-electron chi connectivity index (χ0n) is 17.9. The van der Waals surface area contributed by atoms with Gasteiger partial charge in [-0.15, -0.1) is 10.2 Å². The SMILES string of the molecule is O=C(NCCCN1CCCCCC1)C1CCN(c2nnc(N3CCCC3=O)s2)CC1. The number of carbonyl (C=O) groups excluding carboxylic acids is 2. The number of hydrogen-bond donors (Lipinski definition) is 1. The number of rotatable bonds is 7. The maximum absolute atomic E-state index is 12.5. The molecule has 9 heteroatoms. The Bertz CT molecular complexity index is 710. The Morgan fingerprint density at radius 2 is 1.70 bits per heavy atom. The van der Waals surface area contributed by atoms with E-state index in [0.717, 1.165) is 63.5 Å². The molecule has 8 nitrogen and oxygen atoms in total. The minimum atomic E-state index is 0.0898. The topological polar surface area (TPSA) is 81.7 Å². The summed E-state index contributed by atoms with van der Waals surface area (Å²) in [5.41, 5.74) is 0. The van der Waals surface area contributed by atoms with Crippen LogP contribution in [0.2, 0.25) is 0 Å². The molecule has 3 aliphatic rings. The molecule has 3 saturated heterocycles. The van der Waals surface area contributed by atoms with Crippen molar-refractivity contribution in [1.82, 2.24) is 20.4 Å². The third-order valence-electron chi connectivity index (χ3n) is 6.49. The Balaban J connectivity index is 1.16. The van der Waals surface area contributed by atoms with Gasteiger partial charge in [-0.1, -0.05) is 24.2 Å². The van der Waals surface area contributed by atoms with Crippen molar-refractivity contribution in [2.75, 3.05) is 55.6 Å². The lowest BCUT2D eigenvalue weighted by Gasteiger charge is -2.30. The zero-order valence-corrected chi connectivity index (χ0v) is 18.7. The summed E-state index contributed by atoms with van der Waals surface area (Å²) >= 11 is 1.49. The number of aromatic nitrogens is 2. The van der Waals surface area contributed by atoms with Gasteiger partial charge in [0.05, 0.1) is 0 Å². The van der Waals surface area contributed by atoms with Crippen molar-refractivity contribution in [2.45, 2.75) is 57.8 Å². The Morgan fingerprint density at radius 3 is 2.40 bits per heavy atom. The molecule has 1 N–H and O–H groups in total. The molecule has 0 bridgehead atoms. The fraction of sp³-hybridized carbons (Fsp3) is 0.810. The molecular formula is C21H34N6O2S. The molecule has 1 aromatic rings. The molecule has 0 aliphatic carbocycles. The summed E-state index contributed by atoms with van der Waals surface area (Å²) in [6.45, 7) is 6.67. The van der Waals surface area contributed by atoms with E-state index in [9.17, 15) is 9.59 Å². The summed E-state index contributed by atoms with van der Waals surface area (Å²) in [5.74, 6) is 0.432. The second kappa shape index (κ2) is 10.5. The Kier molecular flexibility index (Phi) is 7.54. The predicted molar refractivity (Wildman–Crippen MR) is 119 cm³/mol. The van der Waals surface area contributed by atoms with E-state index in [1.54, 1.807) is 4.90 Å². The van der Waals surface area contributed by atoms with Crippen LogP contribution >= 0.6 is 11.3 Å². The second-order valence-corrected chi connectivity index (χ2v) is 9.61. The van der Waals surface area contributed by atoms with Gasteiger partial charge in [-0.2, -0.15) is 0 Å². The van der Waals surface area contributed by atoms with Crippen molar-refractivity contribution in [1.29, 1.82) is 0 Å². The molecule has 0 atom stereocenters. The normalized spacial score (nSPS) is 21.8. The molecule has 0 saturated carbocycles. The molecule has 0 radical (unpaired) electrons. The van der Waals surface area contributed by atoms with Crippen LogP contribution < -0.4 is 15.1 Å². The third-order valence-corrected chi connectivity index (χ3v) is 7.50. The number of piperidine rings is 1. The van der Waals surface area contributed by atoms with Gasteiger partial charge < -0.3 is 15.1 Å². The maximum Gasteiger partial charge on any atom is 0.228 e. The highest BCUT2D eigenvalue weighted by atomic mass is 32.1. The first-order chi connectivity index (χ1) is 14.7. The molecule has 0 aromatic carbocycles. The summed E-state index contributed by atoms with van der Waals surface area (Å²) in [4.78, 5) is 30.9. The van der Waals surface area contributed by atoms with Crippen molar-refractivity contribution in [3.05, 3.63) is 0 Å². The first-order valence-corrected chi connectivity index (χ1v) is 12.4. The number of likely N-dealkylation sites (tertiary alicyclic amines) is 1. The van der Waals surface area contributed by atoms with Gasteiger partial charge in [0.25, 0.3) is 0 Å². The fourth-order valence-electron chi connectivity index (χ4n) is 4.65. The van der Waals surface area contributed by atoms with E-state index < -0.39 is 0 Å². The van der Waals surface area contributed by atoms with E-state index in [1.165, 1.54) is 50.1 Å². The van der Waals surface area contributed by atoms with E-state index >= 15 is 0 Å². The van der Waals surface area contributed by atoms with Crippen LogP contribution in [0.3, 0.4) is 0 Å². The van der Waals surface area contributed by atoms with E-state index in [2.05, 4.69) is 25.3 Å². The van der Waals surface area contributed by atoms with Gasteiger partial charge in [0, 0.05) is 38.5 Å². The highest BCUT2D eigenvalue weighted by Crippen LogP contribution is 2.32.